The first-order valence-electron chi connectivity index (χ1n) is 6.02. The van der Waals surface area contributed by atoms with Gasteiger partial charge >= 0.3 is 0 Å². The molecule has 1 heterocycles. The molecule has 0 aromatic carbocycles. The monoisotopic (exact) mass is 318 g/mol. The zero-order valence-corrected chi connectivity index (χ0v) is 12.8. The number of aromatic nitrogens is 1. The smallest absolute Gasteiger partial charge is 0.0410 e. The summed E-state index contributed by atoms with van der Waals surface area (Å²) < 4.78 is 1.02. The molecule has 0 aliphatic rings. The largest absolute Gasteiger partial charge is 0.312 e. The van der Waals surface area contributed by atoms with Crippen molar-refractivity contribution in [2.45, 2.75) is 33.2 Å². The normalized spacial score (nSPS) is 11.8. The van der Waals surface area contributed by atoms with Gasteiger partial charge in [0, 0.05) is 35.8 Å². The Hall–Kier alpha value is -0.120. The van der Waals surface area contributed by atoms with E-state index in [1.807, 2.05) is 6.20 Å². The predicted molar refractivity (Wildman–Crippen MR) is 77.4 cm³/mol. The van der Waals surface area contributed by atoms with Gasteiger partial charge in [-0.1, -0.05) is 13.8 Å². The van der Waals surface area contributed by atoms with Crippen molar-refractivity contribution < 1.29 is 0 Å². The minimum Gasteiger partial charge on any atom is -0.312 e. The number of pyridine rings is 1. The lowest BCUT2D eigenvalue weighted by atomic mass is 9.84. The van der Waals surface area contributed by atoms with Crippen LogP contribution in [0.5, 0.6) is 0 Å². The highest BCUT2D eigenvalue weighted by molar-refractivity contribution is 9.10. The van der Waals surface area contributed by atoms with E-state index in [0.717, 1.165) is 30.4 Å². The zero-order valence-electron chi connectivity index (χ0n) is 10.5. The van der Waals surface area contributed by atoms with Crippen molar-refractivity contribution in [2.75, 3.05) is 12.4 Å². The fourth-order valence-corrected chi connectivity index (χ4v) is 2.65. The first-order valence-corrected chi connectivity index (χ1v) is 7.34. The molecular formula is C13H20BrClN2. The lowest BCUT2D eigenvalue weighted by Crippen LogP contribution is -2.34. The second-order valence-corrected chi connectivity index (χ2v) is 5.64. The summed E-state index contributed by atoms with van der Waals surface area (Å²) in [5.41, 5.74) is 1.41. The van der Waals surface area contributed by atoms with Gasteiger partial charge in [-0.15, -0.1) is 11.6 Å². The summed E-state index contributed by atoms with van der Waals surface area (Å²) in [6.45, 7) is 6.20. The minimum absolute atomic E-state index is 0.223. The number of alkyl halides is 1. The minimum atomic E-state index is 0.223. The highest BCUT2D eigenvalue weighted by Crippen LogP contribution is 2.27. The molecule has 4 heteroatoms. The highest BCUT2D eigenvalue weighted by Gasteiger charge is 2.24. The van der Waals surface area contributed by atoms with Crippen LogP contribution < -0.4 is 5.32 Å². The van der Waals surface area contributed by atoms with Crippen molar-refractivity contribution in [3.63, 3.8) is 0 Å². The summed E-state index contributed by atoms with van der Waals surface area (Å²) in [4.78, 5) is 4.15. The third kappa shape index (κ3) is 4.57. The van der Waals surface area contributed by atoms with Crippen LogP contribution in [0, 0.1) is 5.41 Å². The average molecular weight is 320 g/mol. The fourth-order valence-electron chi connectivity index (χ4n) is 1.76. The third-order valence-corrected chi connectivity index (χ3v) is 4.37. The fraction of sp³-hybridized carbons (Fsp3) is 0.615. The number of hydrogen-bond donors (Lipinski definition) is 1. The molecule has 0 saturated heterocycles. The van der Waals surface area contributed by atoms with Gasteiger partial charge in [-0.25, -0.2) is 0 Å². The Bertz CT molecular complexity index is 332. The molecule has 0 unspecified atom stereocenters. The van der Waals surface area contributed by atoms with Crippen LogP contribution in [0.4, 0.5) is 0 Å². The molecule has 0 spiro atoms. The van der Waals surface area contributed by atoms with E-state index in [9.17, 15) is 0 Å². The van der Waals surface area contributed by atoms with E-state index in [4.69, 9.17) is 11.6 Å². The van der Waals surface area contributed by atoms with Gasteiger partial charge in [0.2, 0.25) is 0 Å². The Morgan fingerprint density at radius 3 is 2.59 bits per heavy atom. The average Bonchev–Trinajstić information content (AvgIpc) is 2.35. The maximum absolute atomic E-state index is 6.07. The van der Waals surface area contributed by atoms with Crippen LogP contribution in [-0.4, -0.2) is 17.4 Å². The van der Waals surface area contributed by atoms with Gasteiger partial charge in [-0.2, -0.15) is 0 Å². The zero-order chi connectivity index (χ0) is 12.7. The summed E-state index contributed by atoms with van der Waals surface area (Å²) in [5, 5.41) is 3.48. The molecule has 1 N–H and O–H groups in total. The quantitative estimate of drug-likeness (QED) is 0.769. The maximum Gasteiger partial charge on any atom is 0.0410 e. The highest BCUT2D eigenvalue weighted by atomic mass is 79.9. The summed E-state index contributed by atoms with van der Waals surface area (Å²) in [6.07, 6.45) is 5.90. The first kappa shape index (κ1) is 14.9. The number of hydrogen-bond acceptors (Lipinski definition) is 2. The van der Waals surface area contributed by atoms with Crippen molar-refractivity contribution in [2.24, 2.45) is 5.41 Å². The molecule has 1 rings (SSSR count). The summed E-state index contributed by atoms with van der Waals surface area (Å²) in [5.74, 6) is 0.712. The molecule has 0 aliphatic heterocycles. The van der Waals surface area contributed by atoms with Crippen molar-refractivity contribution >= 4 is 27.5 Å². The third-order valence-electron chi connectivity index (χ3n) is 3.37. The predicted octanol–water partition coefficient (Wildman–Crippen LogP) is 3.98. The van der Waals surface area contributed by atoms with E-state index >= 15 is 0 Å². The van der Waals surface area contributed by atoms with Crippen molar-refractivity contribution in [3.05, 3.63) is 28.5 Å². The standard InChI is InChI=1S/C13H20BrClN2/c1-3-13(4-2,9-15)10-17-7-11-5-12(14)8-16-6-11/h5-6,8,17H,3-4,7,9-10H2,1-2H3. The molecule has 0 atom stereocenters. The Morgan fingerprint density at radius 1 is 1.35 bits per heavy atom. The number of halogens is 2. The van der Waals surface area contributed by atoms with Gasteiger partial charge in [-0.05, 0) is 45.8 Å². The molecule has 1 aromatic rings. The van der Waals surface area contributed by atoms with Crippen LogP contribution in [0.3, 0.4) is 0 Å². The van der Waals surface area contributed by atoms with Crippen molar-refractivity contribution in [1.29, 1.82) is 0 Å². The van der Waals surface area contributed by atoms with Gasteiger partial charge in [0.25, 0.3) is 0 Å². The molecule has 0 fully saturated rings. The second kappa shape index (κ2) is 7.34. The van der Waals surface area contributed by atoms with E-state index < -0.39 is 0 Å². The van der Waals surface area contributed by atoms with Crippen LogP contribution in [0.25, 0.3) is 0 Å². The number of nitrogens with zero attached hydrogens (tertiary/aromatic N) is 1. The number of rotatable bonds is 7. The second-order valence-electron chi connectivity index (χ2n) is 4.46. The lowest BCUT2D eigenvalue weighted by molar-refractivity contribution is 0.286. The molecule has 96 valence electrons. The van der Waals surface area contributed by atoms with Gasteiger partial charge < -0.3 is 5.32 Å². The Balaban J connectivity index is 2.46. The van der Waals surface area contributed by atoms with E-state index in [1.165, 1.54) is 5.56 Å². The Labute approximate surface area is 117 Å². The van der Waals surface area contributed by atoms with Crippen LogP contribution in [0.15, 0.2) is 22.9 Å². The van der Waals surface area contributed by atoms with Gasteiger partial charge in [0.1, 0.15) is 0 Å². The Morgan fingerprint density at radius 2 is 2.06 bits per heavy atom. The van der Waals surface area contributed by atoms with Gasteiger partial charge in [0.15, 0.2) is 0 Å². The van der Waals surface area contributed by atoms with Crippen LogP contribution >= 0.6 is 27.5 Å². The number of nitrogens with one attached hydrogen (secondary N) is 1. The molecule has 1 aromatic heterocycles. The van der Waals surface area contributed by atoms with Gasteiger partial charge in [0.05, 0.1) is 0 Å². The molecular weight excluding hydrogens is 300 g/mol. The molecule has 0 aliphatic carbocycles. The summed E-state index contributed by atoms with van der Waals surface area (Å²) >= 11 is 9.49. The van der Waals surface area contributed by atoms with Crippen molar-refractivity contribution in [3.8, 4) is 0 Å². The summed E-state index contributed by atoms with van der Waals surface area (Å²) in [7, 11) is 0. The molecule has 17 heavy (non-hydrogen) atoms. The van der Waals surface area contributed by atoms with E-state index in [0.29, 0.717) is 5.88 Å². The van der Waals surface area contributed by atoms with E-state index in [1.54, 1.807) is 6.20 Å². The molecule has 0 bridgehead atoms. The van der Waals surface area contributed by atoms with E-state index in [2.05, 4.69) is 46.1 Å². The van der Waals surface area contributed by atoms with Gasteiger partial charge in [-0.3, -0.25) is 4.98 Å². The van der Waals surface area contributed by atoms with Crippen molar-refractivity contribution in [1.82, 2.24) is 10.3 Å². The SMILES string of the molecule is CCC(CC)(CCl)CNCc1cncc(Br)c1. The topological polar surface area (TPSA) is 24.9 Å². The maximum atomic E-state index is 6.07. The molecule has 0 saturated carbocycles. The molecule has 0 radical (unpaired) electrons. The van der Waals surface area contributed by atoms with Crippen LogP contribution in [0.2, 0.25) is 0 Å². The summed E-state index contributed by atoms with van der Waals surface area (Å²) in [6, 6.07) is 2.08. The van der Waals surface area contributed by atoms with Crippen LogP contribution in [0.1, 0.15) is 32.3 Å². The first-order chi connectivity index (χ1) is 8.15. The lowest BCUT2D eigenvalue weighted by Gasteiger charge is -2.29. The van der Waals surface area contributed by atoms with E-state index in [-0.39, 0.29) is 5.41 Å². The van der Waals surface area contributed by atoms with Crippen LogP contribution in [-0.2, 0) is 6.54 Å². The molecule has 0 amide bonds. The molecule has 2 nitrogen and oxygen atoms in total. The Kier molecular flexibility index (Phi) is 6.45.